The van der Waals surface area contributed by atoms with Crippen molar-refractivity contribution in [1.29, 1.82) is 0 Å². The van der Waals surface area contributed by atoms with Crippen LogP contribution in [0.1, 0.15) is 20.7 Å². The normalized spacial score (nSPS) is 17.9. The zero-order valence-electron chi connectivity index (χ0n) is 19.1. The van der Waals surface area contributed by atoms with Crippen molar-refractivity contribution in [2.24, 2.45) is 0 Å². The van der Waals surface area contributed by atoms with Gasteiger partial charge in [0, 0.05) is 62.3 Å². The number of nitrogens with zero attached hydrogens (tertiary/aromatic N) is 3. The van der Waals surface area contributed by atoms with Crippen LogP contribution >= 0.6 is 0 Å². The van der Waals surface area contributed by atoms with Gasteiger partial charge in [0.25, 0.3) is 11.8 Å². The van der Waals surface area contributed by atoms with Crippen LogP contribution in [-0.4, -0.2) is 90.1 Å². The number of hydrogen-bond acceptors (Lipinski definition) is 6. The fourth-order valence-corrected chi connectivity index (χ4v) is 4.78. The molecule has 0 unspecified atom stereocenters. The summed E-state index contributed by atoms with van der Waals surface area (Å²) in [5, 5.41) is 12.0. The van der Waals surface area contributed by atoms with Crippen LogP contribution in [0.25, 0.3) is 10.8 Å². The Morgan fingerprint density at radius 2 is 1.38 bits per heavy atom. The fourth-order valence-electron chi connectivity index (χ4n) is 4.78. The Labute approximate surface area is 199 Å². The first-order valence-electron chi connectivity index (χ1n) is 11.8. The Morgan fingerprint density at radius 1 is 0.765 bits per heavy atom. The molecule has 7 nitrogen and oxygen atoms in total. The van der Waals surface area contributed by atoms with Gasteiger partial charge in [0.05, 0.1) is 0 Å². The summed E-state index contributed by atoms with van der Waals surface area (Å²) in [5.41, 5.74) is 1.20. The van der Waals surface area contributed by atoms with E-state index in [4.69, 9.17) is 4.74 Å². The molecule has 3 aromatic rings. The minimum Gasteiger partial charge on any atom is -0.491 e. The lowest BCUT2D eigenvalue weighted by atomic mass is 9.94. The van der Waals surface area contributed by atoms with E-state index >= 15 is 0 Å². The lowest BCUT2D eigenvalue weighted by Gasteiger charge is -2.36. The van der Waals surface area contributed by atoms with Gasteiger partial charge in [-0.25, -0.2) is 0 Å². The predicted octanol–water partition coefficient (Wildman–Crippen LogP) is 2.49. The van der Waals surface area contributed by atoms with E-state index in [9.17, 15) is 14.7 Å². The standard InChI is InChI=1S/C27H29N3O4/c31-21(19-34-22-8-2-1-3-9-22)18-29-14-12-28(13-15-29)16-17-30-26(32)23-10-4-6-20-7-5-11-24(25(20)23)27(30)33/h1-11,21,31H,12-19H2/t21-/m1/s1. The third-order valence-corrected chi connectivity index (χ3v) is 6.62. The van der Waals surface area contributed by atoms with Gasteiger partial charge in [-0.1, -0.05) is 42.5 Å². The van der Waals surface area contributed by atoms with Crippen molar-refractivity contribution in [2.45, 2.75) is 6.10 Å². The van der Waals surface area contributed by atoms with E-state index in [1.54, 1.807) is 12.1 Å². The van der Waals surface area contributed by atoms with Crippen LogP contribution in [-0.2, 0) is 0 Å². The van der Waals surface area contributed by atoms with E-state index < -0.39 is 6.10 Å². The molecule has 5 rings (SSSR count). The maximum atomic E-state index is 13.1. The number of ether oxygens (including phenoxy) is 1. The third-order valence-electron chi connectivity index (χ3n) is 6.62. The zero-order valence-corrected chi connectivity index (χ0v) is 19.1. The van der Waals surface area contributed by atoms with Gasteiger partial charge in [0.15, 0.2) is 0 Å². The monoisotopic (exact) mass is 459 g/mol. The molecule has 2 heterocycles. The molecular formula is C27H29N3O4. The minimum atomic E-state index is -0.557. The van der Waals surface area contributed by atoms with Crippen molar-refractivity contribution < 1.29 is 19.4 Å². The SMILES string of the molecule is O=C1c2cccc3cccc(c23)C(=O)N1CCN1CCN(C[C@@H](O)COc2ccccc2)CC1. The molecule has 0 spiro atoms. The van der Waals surface area contributed by atoms with Gasteiger partial charge in [0.2, 0.25) is 0 Å². The molecule has 176 valence electrons. The largest absolute Gasteiger partial charge is 0.491 e. The predicted molar refractivity (Wildman–Crippen MR) is 130 cm³/mol. The van der Waals surface area contributed by atoms with Crippen LogP contribution in [0.3, 0.4) is 0 Å². The summed E-state index contributed by atoms with van der Waals surface area (Å²) in [4.78, 5) is 32.0. The summed E-state index contributed by atoms with van der Waals surface area (Å²) in [6.45, 7) is 5.14. The second kappa shape index (κ2) is 9.93. The molecule has 1 saturated heterocycles. The lowest BCUT2D eigenvalue weighted by Crippen LogP contribution is -2.51. The molecule has 0 bridgehead atoms. The second-order valence-corrected chi connectivity index (χ2v) is 8.89. The number of aliphatic hydroxyl groups is 1. The van der Waals surface area contributed by atoms with Crippen molar-refractivity contribution in [2.75, 3.05) is 52.4 Å². The van der Waals surface area contributed by atoms with E-state index in [0.29, 0.717) is 30.8 Å². The topological polar surface area (TPSA) is 73.3 Å². The van der Waals surface area contributed by atoms with Crippen molar-refractivity contribution in [1.82, 2.24) is 14.7 Å². The number of hydrogen-bond donors (Lipinski definition) is 1. The number of rotatable bonds is 8. The van der Waals surface area contributed by atoms with Crippen molar-refractivity contribution in [3.63, 3.8) is 0 Å². The summed E-state index contributed by atoms with van der Waals surface area (Å²) >= 11 is 0. The van der Waals surface area contributed by atoms with Crippen molar-refractivity contribution in [3.8, 4) is 5.75 Å². The van der Waals surface area contributed by atoms with Crippen LogP contribution in [0.15, 0.2) is 66.7 Å². The third kappa shape index (κ3) is 4.68. The van der Waals surface area contributed by atoms with Gasteiger partial charge in [-0.05, 0) is 29.7 Å². The minimum absolute atomic E-state index is 0.213. The molecule has 0 aromatic heterocycles. The van der Waals surface area contributed by atoms with Gasteiger partial charge >= 0.3 is 0 Å². The summed E-state index contributed by atoms with van der Waals surface area (Å²) in [6.07, 6.45) is -0.557. The number of para-hydroxylation sites is 1. The van der Waals surface area contributed by atoms with Crippen LogP contribution < -0.4 is 4.74 Å². The summed E-state index contributed by atoms with van der Waals surface area (Å²) in [5.74, 6) is 0.330. The molecule has 7 heteroatoms. The molecule has 2 aliphatic heterocycles. The van der Waals surface area contributed by atoms with E-state index in [0.717, 1.165) is 42.7 Å². The van der Waals surface area contributed by atoms with E-state index in [-0.39, 0.29) is 18.4 Å². The van der Waals surface area contributed by atoms with Crippen molar-refractivity contribution >= 4 is 22.6 Å². The second-order valence-electron chi connectivity index (χ2n) is 8.89. The maximum Gasteiger partial charge on any atom is 0.261 e. The van der Waals surface area contributed by atoms with Crippen LogP contribution in [0.4, 0.5) is 0 Å². The first kappa shape index (κ1) is 22.5. The molecule has 2 amide bonds. The highest BCUT2D eigenvalue weighted by molar-refractivity contribution is 6.25. The molecule has 2 aliphatic rings. The molecule has 34 heavy (non-hydrogen) atoms. The zero-order chi connectivity index (χ0) is 23.5. The Bertz CT molecular complexity index is 1120. The first-order chi connectivity index (χ1) is 16.6. The smallest absolute Gasteiger partial charge is 0.261 e. The summed E-state index contributed by atoms with van der Waals surface area (Å²) in [6, 6.07) is 20.7. The van der Waals surface area contributed by atoms with Crippen molar-refractivity contribution in [3.05, 3.63) is 77.9 Å². The lowest BCUT2D eigenvalue weighted by molar-refractivity contribution is 0.0416. The summed E-state index contributed by atoms with van der Waals surface area (Å²) < 4.78 is 5.65. The maximum absolute atomic E-state index is 13.1. The Hall–Kier alpha value is -3.26. The van der Waals surface area contributed by atoms with E-state index in [2.05, 4.69) is 9.80 Å². The molecule has 3 aromatic carbocycles. The number of β-amino-alcohol motifs (C(OH)–C–C–N with tert-alkyl or cyclic N) is 1. The summed E-state index contributed by atoms with van der Waals surface area (Å²) in [7, 11) is 0. The fraction of sp³-hybridized carbons (Fsp3) is 0.333. The van der Waals surface area contributed by atoms with Gasteiger partial charge in [0.1, 0.15) is 18.5 Å². The Kier molecular flexibility index (Phi) is 6.58. The number of amides is 2. The molecular weight excluding hydrogens is 430 g/mol. The average molecular weight is 460 g/mol. The van der Waals surface area contributed by atoms with Gasteiger partial charge < -0.3 is 9.84 Å². The van der Waals surface area contributed by atoms with Crippen LogP contribution in [0, 0.1) is 0 Å². The highest BCUT2D eigenvalue weighted by Crippen LogP contribution is 2.29. The molecule has 0 radical (unpaired) electrons. The number of carbonyl (C=O) groups excluding carboxylic acids is 2. The Balaban J connectivity index is 1.11. The number of aliphatic hydroxyl groups excluding tert-OH is 1. The van der Waals surface area contributed by atoms with Gasteiger partial charge in [-0.2, -0.15) is 0 Å². The number of benzene rings is 3. The molecule has 1 atom stereocenters. The Morgan fingerprint density at radius 3 is 2.03 bits per heavy atom. The van der Waals surface area contributed by atoms with Crippen LogP contribution in [0.5, 0.6) is 5.75 Å². The van der Waals surface area contributed by atoms with Gasteiger partial charge in [-0.3, -0.25) is 24.3 Å². The average Bonchev–Trinajstić information content (AvgIpc) is 2.87. The highest BCUT2D eigenvalue weighted by atomic mass is 16.5. The molecule has 0 aliphatic carbocycles. The number of carbonyl (C=O) groups is 2. The quantitative estimate of drug-likeness (QED) is 0.522. The molecule has 1 fully saturated rings. The number of imide groups is 1. The van der Waals surface area contributed by atoms with Crippen LogP contribution in [0.2, 0.25) is 0 Å². The number of piperazine rings is 1. The molecule has 0 saturated carbocycles. The van der Waals surface area contributed by atoms with E-state index in [1.807, 2.05) is 54.6 Å². The first-order valence-corrected chi connectivity index (χ1v) is 11.8. The van der Waals surface area contributed by atoms with Gasteiger partial charge in [-0.15, -0.1) is 0 Å². The molecule has 1 N–H and O–H groups in total. The highest BCUT2D eigenvalue weighted by Gasteiger charge is 2.33. The van der Waals surface area contributed by atoms with E-state index in [1.165, 1.54) is 4.90 Å².